The number of hydrogen-bond donors (Lipinski definition) is 2. The number of nitrogens with one attached hydrogen (secondary N) is 2. The minimum absolute atomic E-state index is 0.0153. The molecule has 1 aromatic carbocycles. The zero-order valence-electron chi connectivity index (χ0n) is 11.8. The van der Waals surface area contributed by atoms with Crippen molar-refractivity contribution in [2.75, 3.05) is 5.32 Å². The van der Waals surface area contributed by atoms with Gasteiger partial charge in [-0.15, -0.1) is 0 Å². The first-order chi connectivity index (χ1) is 10.2. The van der Waals surface area contributed by atoms with Crippen LogP contribution in [0.3, 0.4) is 0 Å². The molecule has 0 aliphatic carbocycles. The first kappa shape index (κ1) is 17.7. The Hall–Kier alpha value is -2.38. The lowest BCUT2D eigenvalue weighted by atomic mass is 10.1. The molecule has 22 heavy (non-hydrogen) atoms. The first-order valence-electron chi connectivity index (χ1n) is 6.42. The minimum Gasteiger partial charge on any atom is -0.344 e. The molecule has 2 N–H and O–H groups in total. The molecule has 0 heterocycles. The predicted octanol–water partition coefficient (Wildman–Crippen LogP) is 2.17. The van der Waals surface area contributed by atoms with Crippen molar-refractivity contribution in [2.45, 2.75) is 32.5 Å². The van der Waals surface area contributed by atoms with Gasteiger partial charge in [0.15, 0.2) is 0 Å². The molecule has 120 valence electrons. The molecule has 0 saturated carbocycles. The van der Waals surface area contributed by atoms with Gasteiger partial charge >= 0.3 is 12.1 Å². The lowest BCUT2D eigenvalue weighted by molar-refractivity contribution is -0.173. The van der Waals surface area contributed by atoms with Crippen LogP contribution in [-0.2, 0) is 20.9 Å². The molecule has 0 fully saturated rings. The van der Waals surface area contributed by atoms with Crippen LogP contribution in [0.15, 0.2) is 24.3 Å². The summed E-state index contributed by atoms with van der Waals surface area (Å²) in [6, 6.07) is 6.15. The van der Waals surface area contributed by atoms with Crippen LogP contribution >= 0.6 is 0 Å². The number of halogens is 3. The Bertz CT molecular complexity index is 571. The number of ketones is 1. The van der Waals surface area contributed by atoms with E-state index in [9.17, 15) is 27.6 Å². The summed E-state index contributed by atoms with van der Waals surface area (Å²) < 4.78 is 36.4. The van der Waals surface area contributed by atoms with Gasteiger partial charge < -0.3 is 15.4 Å². The molecule has 0 aliphatic rings. The Morgan fingerprint density at radius 1 is 1.09 bits per heavy atom. The van der Waals surface area contributed by atoms with Crippen molar-refractivity contribution >= 4 is 23.3 Å². The molecule has 5 nitrogen and oxygen atoms in total. The largest absolute Gasteiger partial charge is 0.471 e. The molecule has 2 amide bonds. The van der Waals surface area contributed by atoms with Gasteiger partial charge in [0, 0.05) is 25.1 Å². The highest BCUT2D eigenvalue weighted by molar-refractivity contribution is 5.93. The highest BCUT2D eigenvalue weighted by Crippen LogP contribution is 2.18. The van der Waals surface area contributed by atoms with Crippen molar-refractivity contribution in [2.24, 2.45) is 0 Å². The summed E-state index contributed by atoms with van der Waals surface area (Å²) in [5.74, 6) is -2.61. The standard InChI is InChI=1S/C14H15F3N2O3/c1-9(20)6-7-12(21)19-11-5-3-2-4-10(11)8-18-13(22)14(15,16)17/h2-5H,6-8H2,1H3,(H,18,22)(H,19,21). The SMILES string of the molecule is CC(=O)CCC(=O)Nc1ccccc1CNC(=O)C(F)(F)F. The Kier molecular flexibility index (Phi) is 6.09. The second-order valence-electron chi connectivity index (χ2n) is 4.59. The fourth-order valence-electron chi connectivity index (χ4n) is 1.57. The van der Waals surface area contributed by atoms with Gasteiger partial charge in [-0.2, -0.15) is 13.2 Å². The summed E-state index contributed by atoms with van der Waals surface area (Å²) in [6.07, 6.45) is -4.89. The van der Waals surface area contributed by atoms with Crippen LogP contribution in [-0.4, -0.2) is 23.8 Å². The number of Topliss-reactive ketones (excluding diaryl/α,β-unsaturated/α-hetero) is 1. The van der Waals surface area contributed by atoms with Crippen LogP contribution in [0.1, 0.15) is 25.3 Å². The molecule has 0 bridgehead atoms. The molecule has 1 aromatic rings. The van der Waals surface area contributed by atoms with Crippen molar-refractivity contribution in [1.29, 1.82) is 0 Å². The van der Waals surface area contributed by atoms with E-state index in [1.807, 2.05) is 0 Å². The van der Waals surface area contributed by atoms with Gasteiger partial charge in [-0.25, -0.2) is 0 Å². The Morgan fingerprint density at radius 3 is 2.32 bits per heavy atom. The fraction of sp³-hybridized carbons (Fsp3) is 0.357. The zero-order chi connectivity index (χ0) is 16.8. The van der Waals surface area contributed by atoms with Crippen molar-refractivity contribution in [3.05, 3.63) is 29.8 Å². The van der Waals surface area contributed by atoms with Crippen LogP contribution in [0.25, 0.3) is 0 Å². The number of rotatable bonds is 6. The average Bonchev–Trinajstić information content (AvgIpc) is 2.42. The van der Waals surface area contributed by atoms with Gasteiger partial charge in [0.25, 0.3) is 0 Å². The highest BCUT2D eigenvalue weighted by atomic mass is 19.4. The van der Waals surface area contributed by atoms with E-state index in [4.69, 9.17) is 0 Å². The quantitative estimate of drug-likeness (QED) is 0.844. The average molecular weight is 316 g/mol. The van der Waals surface area contributed by atoms with Gasteiger partial charge in [0.2, 0.25) is 5.91 Å². The Balaban J connectivity index is 2.68. The maximum absolute atomic E-state index is 12.1. The molecular weight excluding hydrogens is 301 g/mol. The molecule has 0 aliphatic heterocycles. The van der Waals surface area contributed by atoms with Gasteiger partial charge in [0.1, 0.15) is 5.78 Å². The molecule has 0 saturated heterocycles. The monoisotopic (exact) mass is 316 g/mol. The van der Waals surface area contributed by atoms with E-state index in [2.05, 4.69) is 5.32 Å². The van der Waals surface area contributed by atoms with Crippen LogP contribution < -0.4 is 10.6 Å². The Labute approximate surface area is 124 Å². The van der Waals surface area contributed by atoms with Crippen LogP contribution in [0.2, 0.25) is 0 Å². The minimum atomic E-state index is -4.96. The van der Waals surface area contributed by atoms with E-state index >= 15 is 0 Å². The maximum Gasteiger partial charge on any atom is 0.471 e. The topological polar surface area (TPSA) is 75.3 Å². The number of amides is 2. The molecule has 0 radical (unpaired) electrons. The van der Waals surface area contributed by atoms with Crippen molar-refractivity contribution in [3.63, 3.8) is 0 Å². The van der Waals surface area contributed by atoms with Crippen LogP contribution in [0, 0.1) is 0 Å². The smallest absolute Gasteiger partial charge is 0.344 e. The zero-order valence-corrected chi connectivity index (χ0v) is 11.8. The molecular formula is C14H15F3N2O3. The molecule has 8 heteroatoms. The van der Waals surface area contributed by atoms with Gasteiger partial charge in [-0.05, 0) is 18.6 Å². The van der Waals surface area contributed by atoms with Crippen molar-refractivity contribution in [1.82, 2.24) is 5.32 Å². The normalized spacial score (nSPS) is 10.9. The Morgan fingerprint density at radius 2 is 1.73 bits per heavy atom. The van der Waals surface area contributed by atoms with Crippen molar-refractivity contribution in [3.8, 4) is 0 Å². The summed E-state index contributed by atoms with van der Waals surface area (Å²) in [4.78, 5) is 33.2. The molecule has 0 unspecified atom stereocenters. The third-order valence-corrected chi connectivity index (χ3v) is 2.69. The maximum atomic E-state index is 12.1. The van der Waals surface area contributed by atoms with E-state index in [1.54, 1.807) is 17.4 Å². The summed E-state index contributed by atoms with van der Waals surface area (Å²) in [6.45, 7) is 0.982. The number of anilines is 1. The van der Waals surface area contributed by atoms with Gasteiger partial charge in [-0.3, -0.25) is 9.59 Å². The van der Waals surface area contributed by atoms with E-state index in [0.717, 1.165) is 0 Å². The summed E-state index contributed by atoms with van der Waals surface area (Å²) in [7, 11) is 0. The predicted molar refractivity (Wildman–Crippen MR) is 72.9 cm³/mol. The lowest BCUT2D eigenvalue weighted by Gasteiger charge is -2.12. The fourth-order valence-corrected chi connectivity index (χ4v) is 1.57. The number of carbonyl (C=O) groups excluding carboxylic acids is 3. The van der Waals surface area contributed by atoms with Crippen LogP contribution in [0.4, 0.5) is 18.9 Å². The number of hydrogen-bond acceptors (Lipinski definition) is 3. The third kappa shape index (κ3) is 5.94. The van der Waals surface area contributed by atoms with Crippen molar-refractivity contribution < 1.29 is 27.6 Å². The van der Waals surface area contributed by atoms with Crippen LogP contribution in [0.5, 0.6) is 0 Å². The number of carbonyl (C=O) groups is 3. The second kappa shape index (κ2) is 7.58. The summed E-state index contributed by atoms with van der Waals surface area (Å²) in [5, 5.41) is 4.24. The molecule has 0 aromatic heterocycles. The molecule has 0 atom stereocenters. The summed E-state index contributed by atoms with van der Waals surface area (Å²) in [5.41, 5.74) is 0.620. The summed E-state index contributed by atoms with van der Waals surface area (Å²) >= 11 is 0. The number of para-hydroxylation sites is 1. The lowest BCUT2D eigenvalue weighted by Crippen LogP contribution is -2.36. The third-order valence-electron chi connectivity index (χ3n) is 2.69. The van der Waals surface area contributed by atoms with E-state index in [1.165, 1.54) is 19.1 Å². The molecule has 1 rings (SSSR count). The van der Waals surface area contributed by atoms with E-state index < -0.39 is 18.0 Å². The van der Waals surface area contributed by atoms with E-state index in [0.29, 0.717) is 11.3 Å². The van der Waals surface area contributed by atoms with Gasteiger partial charge in [-0.1, -0.05) is 18.2 Å². The second-order valence-corrected chi connectivity index (χ2v) is 4.59. The van der Waals surface area contributed by atoms with E-state index in [-0.39, 0.29) is 25.2 Å². The molecule has 0 spiro atoms. The first-order valence-corrected chi connectivity index (χ1v) is 6.42. The van der Waals surface area contributed by atoms with Gasteiger partial charge in [0.05, 0.1) is 0 Å². The number of benzene rings is 1. The highest BCUT2D eigenvalue weighted by Gasteiger charge is 2.38. The number of alkyl halides is 3.